The second-order valence-corrected chi connectivity index (χ2v) is 8.16. The molecule has 0 saturated heterocycles. The van der Waals surface area contributed by atoms with Crippen LogP contribution in [0.5, 0.6) is 0 Å². The second kappa shape index (κ2) is 7.71. The van der Waals surface area contributed by atoms with Crippen molar-refractivity contribution in [1.82, 2.24) is 4.98 Å². The van der Waals surface area contributed by atoms with Gasteiger partial charge >= 0.3 is 0 Å². The number of hydrogen-bond acceptors (Lipinski definition) is 4. The van der Waals surface area contributed by atoms with Crippen LogP contribution in [0, 0.1) is 0 Å². The molecule has 1 N–H and O–H groups in total. The molecular formula is C22H16BrClN2O3. The monoisotopic (exact) mass is 470 g/mol. The third kappa shape index (κ3) is 3.59. The fourth-order valence-corrected chi connectivity index (χ4v) is 4.08. The van der Waals surface area contributed by atoms with E-state index in [1.807, 2.05) is 18.2 Å². The van der Waals surface area contributed by atoms with E-state index in [1.54, 1.807) is 36.4 Å². The SMILES string of the molecule is O=C(CC1(O)C(=O)N(Cc2ccccc2Cl)c2ccc(Br)cc21)c1ccncc1. The molecule has 4 rings (SSSR count). The molecule has 3 aromatic rings. The molecule has 1 aliphatic rings. The number of Topliss-reactive ketones (excluding diaryl/α,β-unsaturated/α-hetero) is 1. The predicted octanol–water partition coefficient (Wildman–Crippen LogP) is 4.50. The number of benzene rings is 2. The van der Waals surface area contributed by atoms with Gasteiger partial charge in [0.2, 0.25) is 0 Å². The second-order valence-electron chi connectivity index (χ2n) is 6.84. The van der Waals surface area contributed by atoms with Crippen molar-refractivity contribution >= 4 is 44.9 Å². The molecule has 146 valence electrons. The van der Waals surface area contributed by atoms with Crippen LogP contribution >= 0.6 is 27.5 Å². The number of fused-ring (bicyclic) bond motifs is 1. The summed E-state index contributed by atoms with van der Waals surface area (Å²) in [5.74, 6) is -0.887. The zero-order valence-corrected chi connectivity index (χ0v) is 17.5. The van der Waals surface area contributed by atoms with Crippen molar-refractivity contribution in [3.8, 4) is 0 Å². The number of aliphatic hydroxyl groups is 1. The number of nitrogens with zero attached hydrogens (tertiary/aromatic N) is 2. The summed E-state index contributed by atoms with van der Waals surface area (Å²) < 4.78 is 0.707. The molecule has 2 heterocycles. The van der Waals surface area contributed by atoms with Gasteiger partial charge in [0.1, 0.15) is 0 Å². The molecular weight excluding hydrogens is 456 g/mol. The molecule has 7 heteroatoms. The standard InChI is InChI=1S/C22H16BrClN2O3/c23-16-5-6-19-17(11-16)22(29,12-20(27)14-7-9-25-10-8-14)21(28)26(19)13-15-3-1-2-4-18(15)24/h1-11,29H,12-13H2. The van der Waals surface area contributed by atoms with E-state index < -0.39 is 11.5 Å². The highest BCUT2D eigenvalue weighted by Crippen LogP contribution is 2.45. The minimum atomic E-state index is -1.96. The van der Waals surface area contributed by atoms with Crippen molar-refractivity contribution in [2.45, 2.75) is 18.6 Å². The summed E-state index contributed by atoms with van der Waals surface area (Å²) in [5.41, 5.74) is 0.138. The van der Waals surface area contributed by atoms with E-state index in [9.17, 15) is 14.7 Å². The molecule has 5 nitrogen and oxygen atoms in total. The first kappa shape index (κ1) is 19.8. The Morgan fingerprint density at radius 1 is 1.14 bits per heavy atom. The summed E-state index contributed by atoms with van der Waals surface area (Å²) in [6, 6.07) is 15.6. The molecule has 0 spiro atoms. The van der Waals surface area contributed by atoms with Gasteiger partial charge in [-0.15, -0.1) is 0 Å². The van der Waals surface area contributed by atoms with Crippen molar-refractivity contribution in [3.05, 3.63) is 93.2 Å². The Bertz CT molecular complexity index is 1110. The molecule has 0 aliphatic carbocycles. The third-order valence-corrected chi connectivity index (χ3v) is 5.86. The average molecular weight is 472 g/mol. The lowest BCUT2D eigenvalue weighted by atomic mass is 9.88. The highest BCUT2D eigenvalue weighted by molar-refractivity contribution is 9.10. The summed E-state index contributed by atoms with van der Waals surface area (Å²) in [4.78, 5) is 31.5. The van der Waals surface area contributed by atoms with Crippen LogP contribution in [0.1, 0.15) is 27.9 Å². The van der Waals surface area contributed by atoms with Gasteiger partial charge in [0, 0.05) is 33.0 Å². The first-order valence-electron chi connectivity index (χ1n) is 8.91. The Balaban J connectivity index is 1.73. The number of carbonyl (C=O) groups is 2. The predicted molar refractivity (Wildman–Crippen MR) is 114 cm³/mol. The molecule has 1 unspecified atom stereocenters. The van der Waals surface area contributed by atoms with E-state index >= 15 is 0 Å². The number of carbonyl (C=O) groups excluding carboxylic acids is 2. The lowest BCUT2D eigenvalue weighted by Crippen LogP contribution is -2.41. The van der Waals surface area contributed by atoms with Gasteiger partial charge in [-0.25, -0.2) is 0 Å². The molecule has 1 aromatic heterocycles. The van der Waals surface area contributed by atoms with Gasteiger partial charge in [-0.2, -0.15) is 0 Å². The van der Waals surface area contributed by atoms with E-state index in [0.717, 1.165) is 5.56 Å². The fraction of sp³-hybridized carbons (Fsp3) is 0.136. The largest absolute Gasteiger partial charge is 0.375 e. The maximum Gasteiger partial charge on any atom is 0.264 e. The zero-order valence-electron chi connectivity index (χ0n) is 15.2. The van der Waals surface area contributed by atoms with Crippen LogP contribution in [0.4, 0.5) is 5.69 Å². The van der Waals surface area contributed by atoms with E-state index in [2.05, 4.69) is 20.9 Å². The summed E-state index contributed by atoms with van der Waals surface area (Å²) in [7, 11) is 0. The number of hydrogen-bond donors (Lipinski definition) is 1. The lowest BCUT2D eigenvalue weighted by molar-refractivity contribution is -0.136. The van der Waals surface area contributed by atoms with Crippen molar-refractivity contribution in [2.24, 2.45) is 0 Å². The first-order valence-corrected chi connectivity index (χ1v) is 10.1. The quantitative estimate of drug-likeness (QED) is 0.556. The first-order chi connectivity index (χ1) is 13.9. The molecule has 29 heavy (non-hydrogen) atoms. The average Bonchev–Trinajstić information content (AvgIpc) is 2.92. The highest BCUT2D eigenvalue weighted by atomic mass is 79.9. The van der Waals surface area contributed by atoms with Crippen LogP contribution < -0.4 is 4.90 Å². The maximum atomic E-state index is 13.3. The van der Waals surface area contributed by atoms with Crippen molar-refractivity contribution in [2.75, 3.05) is 4.90 Å². The Hall–Kier alpha value is -2.54. The van der Waals surface area contributed by atoms with Crippen LogP contribution in [-0.4, -0.2) is 21.8 Å². The van der Waals surface area contributed by atoms with E-state index in [4.69, 9.17) is 11.6 Å². The lowest BCUT2D eigenvalue weighted by Gasteiger charge is -2.23. The molecule has 0 saturated carbocycles. The van der Waals surface area contributed by atoms with E-state index in [0.29, 0.717) is 26.3 Å². The maximum absolute atomic E-state index is 13.3. The van der Waals surface area contributed by atoms with E-state index in [1.165, 1.54) is 17.3 Å². The normalized spacial score (nSPS) is 18.0. The van der Waals surface area contributed by atoms with Crippen molar-refractivity contribution < 1.29 is 14.7 Å². The van der Waals surface area contributed by atoms with Gasteiger partial charge < -0.3 is 10.0 Å². The summed E-state index contributed by atoms with van der Waals surface area (Å²) in [6.45, 7) is 0.193. The van der Waals surface area contributed by atoms with E-state index in [-0.39, 0.29) is 18.7 Å². The number of amides is 1. The van der Waals surface area contributed by atoms with Crippen LogP contribution in [0.25, 0.3) is 0 Å². The molecule has 1 amide bonds. The Labute approximate surface area is 181 Å². The number of ketones is 1. The van der Waals surface area contributed by atoms with Gasteiger partial charge in [-0.1, -0.05) is 45.7 Å². The van der Waals surface area contributed by atoms with Crippen LogP contribution in [0.15, 0.2) is 71.5 Å². The summed E-state index contributed by atoms with van der Waals surface area (Å²) >= 11 is 9.66. The minimum Gasteiger partial charge on any atom is -0.375 e. The molecule has 0 fully saturated rings. The Kier molecular flexibility index (Phi) is 5.25. The van der Waals surface area contributed by atoms with Gasteiger partial charge in [0.25, 0.3) is 5.91 Å². The van der Waals surface area contributed by atoms with Crippen LogP contribution in [0.3, 0.4) is 0 Å². The number of halogens is 2. The van der Waals surface area contributed by atoms with Gasteiger partial charge in [0.15, 0.2) is 11.4 Å². The minimum absolute atomic E-state index is 0.193. The topological polar surface area (TPSA) is 70.5 Å². The van der Waals surface area contributed by atoms with Crippen LogP contribution in [-0.2, 0) is 16.9 Å². The smallest absolute Gasteiger partial charge is 0.264 e. The molecule has 1 atom stereocenters. The Morgan fingerprint density at radius 2 is 1.86 bits per heavy atom. The zero-order chi connectivity index (χ0) is 20.6. The summed E-state index contributed by atoms with van der Waals surface area (Å²) in [5, 5.41) is 11.9. The third-order valence-electron chi connectivity index (χ3n) is 5.00. The number of anilines is 1. The number of pyridine rings is 1. The number of rotatable bonds is 5. The summed E-state index contributed by atoms with van der Waals surface area (Å²) in [6.07, 6.45) is 2.64. The van der Waals surface area contributed by atoms with Gasteiger partial charge in [-0.3, -0.25) is 14.6 Å². The molecule has 0 radical (unpaired) electrons. The highest BCUT2D eigenvalue weighted by Gasteiger charge is 2.51. The molecule has 0 bridgehead atoms. The van der Waals surface area contributed by atoms with Gasteiger partial charge in [-0.05, 0) is 42.0 Å². The van der Waals surface area contributed by atoms with Crippen molar-refractivity contribution in [3.63, 3.8) is 0 Å². The van der Waals surface area contributed by atoms with Crippen LogP contribution in [0.2, 0.25) is 5.02 Å². The number of aromatic nitrogens is 1. The van der Waals surface area contributed by atoms with Crippen molar-refractivity contribution in [1.29, 1.82) is 0 Å². The fourth-order valence-electron chi connectivity index (χ4n) is 3.52. The molecule has 1 aliphatic heterocycles. The molecule has 2 aromatic carbocycles. The van der Waals surface area contributed by atoms with Gasteiger partial charge in [0.05, 0.1) is 18.7 Å². The Morgan fingerprint density at radius 3 is 2.59 bits per heavy atom.